The maximum atomic E-state index is 11.2. The standard InChI is InChI=1S/C15H13ClO2/c1-11(17)12-6-4-7-14(9-12)18-10-13-5-2-3-8-15(13)16/h2-9H,10H2,1H3. The molecule has 0 aromatic heterocycles. The van der Waals surface area contributed by atoms with Crippen LogP contribution in [0.4, 0.5) is 0 Å². The van der Waals surface area contributed by atoms with E-state index in [4.69, 9.17) is 16.3 Å². The normalized spacial score (nSPS) is 10.1. The minimum atomic E-state index is 0.0261. The fraction of sp³-hybridized carbons (Fsp3) is 0.133. The average Bonchev–Trinajstić information content (AvgIpc) is 2.38. The van der Waals surface area contributed by atoms with E-state index in [1.807, 2.05) is 30.3 Å². The Labute approximate surface area is 111 Å². The van der Waals surface area contributed by atoms with Gasteiger partial charge in [-0.2, -0.15) is 0 Å². The summed E-state index contributed by atoms with van der Waals surface area (Å²) in [4.78, 5) is 11.2. The molecular weight excluding hydrogens is 248 g/mol. The highest BCUT2D eigenvalue weighted by Gasteiger charge is 2.03. The number of halogens is 1. The van der Waals surface area contributed by atoms with Gasteiger partial charge in [0, 0.05) is 16.1 Å². The maximum Gasteiger partial charge on any atom is 0.159 e. The molecule has 2 nitrogen and oxygen atoms in total. The van der Waals surface area contributed by atoms with E-state index in [9.17, 15) is 4.79 Å². The Balaban J connectivity index is 2.09. The van der Waals surface area contributed by atoms with Gasteiger partial charge in [0.1, 0.15) is 12.4 Å². The molecule has 2 aromatic rings. The summed E-state index contributed by atoms with van der Waals surface area (Å²) in [5.41, 5.74) is 1.57. The van der Waals surface area contributed by atoms with Gasteiger partial charge >= 0.3 is 0 Å². The van der Waals surface area contributed by atoms with Crippen LogP contribution in [0, 0.1) is 0 Å². The van der Waals surface area contributed by atoms with Crippen LogP contribution in [0.15, 0.2) is 48.5 Å². The van der Waals surface area contributed by atoms with Crippen LogP contribution in [0.3, 0.4) is 0 Å². The fourth-order valence-electron chi connectivity index (χ4n) is 1.58. The quantitative estimate of drug-likeness (QED) is 0.773. The minimum absolute atomic E-state index is 0.0261. The van der Waals surface area contributed by atoms with E-state index in [0.717, 1.165) is 5.56 Å². The van der Waals surface area contributed by atoms with Crippen LogP contribution in [-0.2, 0) is 6.61 Å². The first-order chi connectivity index (χ1) is 8.66. The summed E-state index contributed by atoms with van der Waals surface area (Å²) in [5.74, 6) is 0.695. The molecule has 18 heavy (non-hydrogen) atoms. The molecule has 0 aliphatic carbocycles. The van der Waals surface area contributed by atoms with Crippen molar-refractivity contribution in [1.82, 2.24) is 0 Å². The molecule has 0 fully saturated rings. The Hall–Kier alpha value is -1.80. The molecule has 0 saturated heterocycles. The van der Waals surface area contributed by atoms with Gasteiger partial charge in [0.15, 0.2) is 5.78 Å². The lowest BCUT2D eigenvalue weighted by Crippen LogP contribution is -1.98. The van der Waals surface area contributed by atoms with E-state index in [2.05, 4.69) is 0 Å². The summed E-state index contributed by atoms with van der Waals surface area (Å²) in [7, 11) is 0. The van der Waals surface area contributed by atoms with Crippen LogP contribution in [0.5, 0.6) is 5.75 Å². The van der Waals surface area contributed by atoms with Crippen molar-refractivity contribution < 1.29 is 9.53 Å². The number of benzene rings is 2. The van der Waals surface area contributed by atoms with Gasteiger partial charge in [0.25, 0.3) is 0 Å². The molecular formula is C15H13ClO2. The fourth-order valence-corrected chi connectivity index (χ4v) is 1.77. The van der Waals surface area contributed by atoms with Gasteiger partial charge < -0.3 is 4.74 Å². The first kappa shape index (κ1) is 12.7. The van der Waals surface area contributed by atoms with E-state index in [1.165, 1.54) is 6.92 Å². The first-order valence-corrected chi connectivity index (χ1v) is 6.02. The van der Waals surface area contributed by atoms with Crippen LogP contribution < -0.4 is 4.74 Å². The third-order valence-electron chi connectivity index (χ3n) is 2.59. The van der Waals surface area contributed by atoms with E-state index >= 15 is 0 Å². The zero-order chi connectivity index (χ0) is 13.0. The van der Waals surface area contributed by atoms with Gasteiger partial charge in [-0.15, -0.1) is 0 Å². The maximum absolute atomic E-state index is 11.2. The van der Waals surface area contributed by atoms with Crippen molar-refractivity contribution in [2.75, 3.05) is 0 Å². The Kier molecular flexibility index (Phi) is 4.00. The van der Waals surface area contributed by atoms with Gasteiger partial charge in [-0.3, -0.25) is 4.79 Å². The lowest BCUT2D eigenvalue weighted by Gasteiger charge is -2.08. The van der Waals surface area contributed by atoms with Gasteiger partial charge in [0.05, 0.1) is 0 Å². The first-order valence-electron chi connectivity index (χ1n) is 5.64. The van der Waals surface area contributed by atoms with Crippen molar-refractivity contribution in [1.29, 1.82) is 0 Å². The highest BCUT2D eigenvalue weighted by molar-refractivity contribution is 6.31. The van der Waals surface area contributed by atoms with Crippen LogP contribution in [-0.4, -0.2) is 5.78 Å². The molecule has 0 aliphatic rings. The van der Waals surface area contributed by atoms with Crippen molar-refractivity contribution in [3.05, 3.63) is 64.7 Å². The molecule has 0 N–H and O–H groups in total. The molecule has 2 rings (SSSR count). The highest BCUT2D eigenvalue weighted by atomic mass is 35.5. The number of ether oxygens (including phenoxy) is 1. The number of hydrogen-bond acceptors (Lipinski definition) is 2. The van der Waals surface area contributed by atoms with Crippen LogP contribution >= 0.6 is 11.6 Å². The van der Waals surface area contributed by atoms with E-state index in [1.54, 1.807) is 18.2 Å². The Morgan fingerprint density at radius 3 is 2.67 bits per heavy atom. The van der Waals surface area contributed by atoms with Crippen molar-refractivity contribution in [2.24, 2.45) is 0 Å². The average molecular weight is 261 g/mol. The largest absolute Gasteiger partial charge is 0.489 e. The molecule has 3 heteroatoms. The summed E-state index contributed by atoms with van der Waals surface area (Å²) in [6.45, 7) is 1.92. The Morgan fingerprint density at radius 2 is 1.94 bits per heavy atom. The zero-order valence-corrected chi connectivity index (χ0v) is 10.8. The second-order valence-corrected chi connectivity index (χ2v) is 4.37. The molecule has 0 heterocycles. The van der Waals surface area contributed by atoms with Crippen molar-refractivity contribution in [3.8, 4) is 5.75 Å². The third-order valence-corrected chi connectivity index (χ3v) is 2.96. The third kappa shape index (κ3) is 3.11. The summed E-state index contributed by atoms with van der Waals surface area (Å²) in [6.07, 6.45) is 0. The molecule has 0 saturated carbocycles. The van der Waals surface area contributed by atoms with E-state index in [0.29, 0.717) is 22.9 Å². The number of rotatable bonds is 4. The topological polar surface area (TPSA) is 26.3 Å². The van der Waals surface area contributed by atoms with Crippen molar-refractivity contribution in [2.45, 2.75) is 13.5 Å². The number of carbonyl (C=O) groups excluding carboxylic acids is 1. The summed E-state index contributed by atoms with van der Waals surface area (Å²) in [5, 5.41) is 0.681. The second-order valence-electron chi connectivity index (χ2n) is 3.96. The number of ketones is 1. The van der Waals surface area contributed by atoms with Crippen LogP contribution in [0.1, 0.15) is 22.8 Å². The van der Waals surface area contributed by atoms with Crippen molar-refractivity contribution in [3.63, 3.8) is 0 Å². The zero-order valence-electron chi connectivity index (χ0n) is 10.0. The predicted molar refractivity (Wildman–Crippen MR) is 72.2 cm³/mol. The molecule has 0 radical (unpaired) electrons. The monoisotopic (exact) mass is 260 g/mol. The van der Waals surface area contributed by atoms with Gasteiger partial charge in [0.2, 0.25) is 0 Å². The molecule has 0 aliphatic heterocycles. The van der Waals surface area contributed by atoms with E-state index < -0.39 is 0 Å². The van der Waals surface area contributed by atoms with Crippen molar-refractivity contribution >= 4 is 17.4 Å². The lowest BCUT2D eigenvalue weighted by molar-refractivity contribution is 0.101. The smallest absolute Gasteiger partial charge is 0.159 e. The predicted octanol–water partition coefficient (Wildman–Crippen LogP) is 4.12. The Morgan fingerprint density at radius 1 is 1.17 bits per heavy atom. The molecule has 0 unspecified atom stereocenters. The van der Waals surface area contributed by atoms with Gasteiger partial charge in [-0.05, 0) is 25.1 Å². The lowest BCUT2D eigenvalue weighted by atomic mass is 10.1. The molecule has 0 spiro atoms. The van der Waals surface area contributed by atoms with Gasteiger partial charge in [-0.25, -0.2) is 0 Å². The van der Waals surface area contributed by atoms with E-state index in [-0.39, 0.29) is 5.78 Å². The molecule has 92 valence electrons. The minimum Gasteiger partial charge on any atom is -0.489 e. The van der Waals surface area contributed by atoms with Crippen LogP contribution in [0.25, 0.3) is 0 Å². The molecule has 0 atom stereocenters. The molecule has 0 amide bonds. The number of Topliss-reactive ketones (excluding diaryl/α,β-unsaturated/α-hetero) is 1. The number of carbonyl (C=O) groups is 1. The summed E-state index contributed by atoms with van der Waals surface area (Å²) >= 11 is 6.04. The highest BCUT2D eigenvalue weighted by Crippen LogP contribution is 2.19. The molecule has 0 bridgehead atoms. The summed E-state index contributed by atoms with van der Waals surface area (Å²) in [6, 6.07) is 14.7. The number of hydrogen-bond donors (Lipinski definition) is 0. The molecule has 2 aromatic carbocycles. The van der Waals surface area contributed by atoms with Gasteiger partial charge in [-0.1, -0.05) is 41.9 Å². The summed E-state index contributed by atoms with van der Waals surface area (Å²) < 4.78 is 5.63. The second kappa shape index (κ2) is 5.69. The SMILES string of the molecule is CC(=O)c1cccc(OCc2ccccc2Cl)c1. The Bertz CT molecular complexity index is 564. The van der Waals surface area contributed by atoms with Crippen LogP contribution in [0.2, 0.25) is 5.02 Å².